The number of hydrogen-bond acceptors (Lipinski definition) is 5. The van der Waals surface area contributed by atoms with Gasteiger partial charge in [-0.2, -0.15) is 0 Å². The molecule has 1 fully saturated rings. The van der Waals surface area contributed by atoms with Gasteiger partial charge < -0.3 is 15.5 Å². The molecule has 1 aliphatic rings. The first-order chi connectivity index (χ1) is 8.83. The second-order valence-corrected chi connectivity index (χ2v) is 4.74. The highest BCUT2D eigenvalue weighted by Gasteiger charge is 2.15. The van der Waals surface area contributed by atoms with Crippen molar-refractivity contribution in [1.82, 2.24) is 19.9 Å². The van der Waals surface area contributed by atoms with Crippen molar-refractivity contribution in [1.29, 1.82) is 0 Å². The summed E-state index contributed by atoms with van der Waals surface area (Å²) >= 11 is 0. The van der Waals surface area contributed by atoms with Crippen LogP contribution < -0.4 is 5.73 Å². The van der Waals surface area contributed by atoms with Crippen LogP contribution in [0.3, 0.4) is 0 Å². The Morgan fingerprint density at radius 2 is 2.17 bits per heavy atom. The number of H-pyrrole nitrogens is 1. The normalized spacial score (nSPS) is 17.3. The minimum absolute atomic E-state index is 0.463. The Hall–Kier alpha value is -1.69. The van der Waals surface area contributed by atoms with Crippen molar-refractivity contribution < 1.29 is 4.74 Å². The van der Waals surface area contributed by atoms with E-state index in [1.165, 1.54) is 6.33 Å². The summed E-state index contributed by atoms with van der Waals surface area (Å²) in [5.41, 5.74) is 7.18. The maximum Gasteiger partial charge on any atom is 0.183 e. The van der Waals surface area contributed by atoms with Crippen LogP contribution in [0.5, 0.6) is 0 Å². The van der Waals surface area contributed by atoms with Crippen molar-refractivity contribution in [2.45, 2.75) is 25.7 Å². The summed E-state index contributed by atoms with van der Waals surface area (Å²) in [7, 11) is 0. The standard InChI is InChI=1S/C12H17N5O/c13-11-10-12(15-7-14-11)17-9(16-10)2-1-8-3-5-18-6-4-8/h7-8H,1-6H2,(H3,13,14,15,16,17). The third-order valence-electron chi connectivity index (χ3n) is 3.50. The first-order valence-electron chi connectivity index (χ1n) is 6.36. The van der Waals surface area contributed by atoms with Crippen molar-refractivity contribution in [3.63, 3.8) is 0 Å². The van der Waals surface area contributed by atoms with Crippen LogP contribution >= 0.6 is 0 Å². The summed E-state index contributed by atoms with van der Waals surface area (Å²) in [4.78, 5) is 15.7. The zero-order valence-electron chi connectivity index (χ0n) is 10.2. The molecule has 6 nitrogen and oxygen atoms in total. The SMILES string of the molecule is Nc1ncnc2nc(CCC3CCOCC3)[nH]c12. The van der Waals surface area contributed by atoms with E-state index in [1.807, 2.05) is 0 Å². The van der Waals surface area contributed by atoms with E-state index >= 15 is 0 Å². The molecular formula is C12H17N5O. The van der Waals surface area contributed by atoms with Gasteiger partial charge in [0, 0.05) is 19.6 Å². The van der Waals surface area contributed by atoms with Gasteiger partial charge in [0.25, 0.3) is 0 Å². The van der Waals surface area contributed by atoms with Gasteiger partial charge in [0.1, 0.15) is 17.7 Å². The number of nitrogens with one attached hydrogen (secondary N) is 1. The van der Waals surface area contributed by atoms with E-state index in [2.05, 4.69) is 19.9 Å². The van der Waals surface area contributed by atoms with Crippen LogP contribution in [0.4, 0.5) is 5.82 Å². The quantitative estimate of drug-likeness (QED) is 0.853. The van der Waals surface area contributed by atoms with Crippen molar-refractivity contribution in [2.24, 2.45) is 5.92 Å². The molecule has 0 aliphatic carbocycles. The van der Waals surface area contributed by atoms with Gasteiger partial charge in [0.05, 0.1) is 0 Å². The zero-order chi connectivity index (χ0) is 12.4. The minimum Gasteiger partial charge on any atom is -0.382 e. The lowest BCUT2D eigenvalue weighted by Crippen LogP contribution is -2.16. The average Bonchev–Trinajstić information content (AvgIpc) is 2.82. The average molecular weight is 247 g/mol. The third-order valence-corrected chi connectivity index (χ3v) is 3.50. The van der Waals surface area contributed by atoms with E-state index in [1.54, 1.807) is 0 Å². The molecule has 3 N–H and O–H groups in total. The predicted molar refractivity (Wildman–Crippen MR) is 68.0 cm³/mol. The van der Waals surface area contributed by atoms with Crippen LogP contribution in [0.2, 0.25) is 0 Å². The number of aromatic amines is 1. The highest BCUT2D eigenvalue weighted by Crippen LogP contribution is 2.21. The van der Waals surface area contributed by atoms with Gasteiger partial charge in [-0.05, 0) is 25.2 Å². The number of ether oxygens (including phenoxy) is 1. The maximum atomic E-state index is 5.77. The number of nitrogen functional groups attached to an aromatic ring is 1. The molecule has 0 amide bonds. The number of aromatic nitrogens is 4. The molecule has 2 aromatic heterocycles. The molecule has 1 saturated heterocycles. The summed E-state index contributed by atoms with van der Waals surface area (Å²) in [5, 5.41) is 0. The molecule has 0 unspecified atom stereocenters. The van der Waals surface area contributed by atoms with Crippen LogP contribution in [-0.2, 0) is 11.2 Å². The molecule has 0 atom stereocenters. The van der Waals surface area contributed by atoms with Gasteiger partial charge in [-0.1, -0.05) is 0 Å². The fourth-order valence-electron chi connectivity index (χ4n) is 2.39. The van der Waals surface area contributed by atoms with Gasteiger partial charge >= 0.3 is 0 Å². The number of imidazole rings is 1. The molecule has 3 heterocycles. The van der Waals surface area contributed by atoms with E-state index in [0.717, 1.165) is 56.2 Å². The van der Waals surface area contributed by atoms with E-state index < -0.39 is 0 Å². The molecule has 0 saturated carbocycles. The zero-order valence-corrected chi connectivity index (χ0v) is 10.2. The molecule has 3 rings (SSSR count). The topological polar surface area (TPSA) is 89.7 Å². The molecule has 96 valence electrons. The number of rotatable bonds is 3. The van der Waals surface area contributed by atoms with Crippen LogP contribution in [0.1, 0.15) is 25.1 Å². The van der Waals surface area contributed by atoms with Crippen molar-refractivity contribution >= 4 is 17.0 Å². The highest BCUT2D eigenvalue weighted by molar-refractivity contribution is 5.80. The Balaban J connectivity index is 1.69. The second-order valence-electron chi connectivity index (χ2n) is 4.74. The number of nitrogens with two attached hydrogens (primary N) is 1. The second kappa shape index (κ2) is 4.89. The van der Waals surface area contributed by atoms with Gasteiger partial charge in [-0.25, -0.2) is 15.0 Å². The molecule has 1 aliphatic heterocycles. The molecule has 2 aromatic rings. The molecular weight excluding hydrogens is 230 g/mol. The first kappa shape index (κ1) is 11.4. The highest BCUT2D eigenvalue weighted by atomic mass is 16.5. The van der Waals surface area contributed by atoms with E-state index in [0.29, 0.717) is 11.5 Å². The Kier molecular flexibility index (Phi) is 3.10. The summed E-state index contributed by atoms with van der Waals surface area (Å²) < 4.78 is 5.36. The number of anilines is 1. The summed E-state index contributed by atoms with van der Waals surface area (Å²) in [6.45, 7) is 1.78. The number of aryl methyl sites for hydroxylation is 1. The van der Waals surface area contributed by atoms with Crippen LogP contribution in [-0.4, -0.2) is 33.1 Å². The Bertz CT molecular complexity index is 532. The molecule has 18 heavy (non-hydrogen) atoms. The van der Waals surface area contributed by atoms with Gasteiger partial charge in [0.15, 0.2) is 11.5 Å². The molecule has 0 radical (unpaired) electrons. The summed E-state index contributed by atoms with van der Waals surface area (Å²) in [6.07, 6.45) is 5.82. The van der Waals surface area contributed by atoms with Gasteiger partial charge in [-0.3, -0.25) is 0 Å². The van der Waals surface area contributed by atoms with Crippen LogP contribution in [0.15, 0.2) is 6.33 Å². The lowest BCUT2D eigenvalue weighted by Gasteiger charge is -2.21. The fourth-order valence-corrected chi connectivity index (χ4v) is 2.39. The fraction of sp³-hybridized carbons (Fsp3) is 0.583. The summed E-state index contributed by atoms with van der Waals surface area (Å²) in [6, 6.07) is 0. The Labute approximate surface area is 105 Å². The van der Waals surface area contributed by atoms with Gasteiger partial charge in [0.2, 0.25) is 0 Å². The van der Waals surface area contributed by atoms with Crippen molar-refractivity contribution in [2.75, 3.05) is 18.9 Å². The predicted octanol–water partition coefficient (Wildman–Crippen LogP) is 1.29. The monoisotopic (exact) mass is 247 g/mol. The van der Waals surface area contributed by atoms with Gasteiger partial charge in [-0.15, -0.1) is 0 Å². The summed E-state index contributed by atoms with van der Waals surface area (Å²) in [5.74, 6) is 2.16. The van der Waals surface area contributed by atoms with E-state index in [4.69, 9.17) is 10.5 Å². The van der Waals surface area contributed by atoms with Crippen LogP contribution in [0, 0.1) is 5.92 Å². The van der Waals surface area contributed by atoms with E-state index in [-0.39, 0.29) is 0 Å². The van der Waals surface area contributed by atoms with Crippen molar-refractivity contribution in [3.05, 3.63) is 12.2 Å². The number of nitrogens with zero attached hydrogens (tertiary/aromatic N) is 3. The van der Waals surface area contributed by atoms with Crippen LogP contribution in [0.25, 0.3) is 11.2 Å². The third kappa shape index (κ3) is 2.28. The molecule has 0 aromatic carbocycles. The smallest absolute Gasteiger partial charge is 0.183 e. The Morgan fingerprint density at radius 3 is 2.94 bits per heavy atom. The molecule has 0 spiro atoms. The van der Waals surface area contributed by atoms with E-state index in [9.17, 15) is 0 Å². The Morgan fingerprint density at radius 1 is 1.33 bits per heavy atom. The lowest BCUT2D eigenvalue weighted by molar-refractivity contribution is 0.0639. The lowest BCUT2D eigenvalue weighted by atomic mass is 9.95. The minimum atomic E-state index is 0.463. The first-order valence-corrected chi connectivity index (χ1v) is 6.36. The molecule has 0 bridgehead atoms. The molecule has 6 heteroatoms. The maximum absolute atomic E-state index is 5.77. The van der Waals surface area contributed by atoms with Crippen molar-refractivity contribution in [3.8, 4) is 0 Å². The number of hydrogen-bond donors (Lipinski definition) is 2. The number of fused-ring (bicyclic) bond motifs is 1. The largest absolute Gasteiger partial charge is 0.382 e.